The number of fused-ring (bicyclic) bond motifs is 1. The highest BCUT2D eigenvalue weighted by Gasteiger charge is 2.20. The van der Waals surface area contributed by atoms with Crippen LogP contribution in [-0.2, 0) is 6.42 Å². The van der Waals surface area contributed by atoms with E-state index in [4.69, 9.17) is 9.47 Å². The fourth-order valence-corrected chi connectivity index (χ4v) is 3.53. The second kappa shape index (κ2) is 7.66. The van der Waals surface area contributed by atoms with Gasteiger partial charge in [-0.3, -0.25) is 0 Å². The lowest BCUT2D eigenvalue weighted by molar-refractivity contribution is 0.407. The molecule has 0 spiro atoms. The van der Waals surface area contributed by atoms with Crippen LogP contribution in [0.3, 0.4) is 0 Å². The summed E-state index contributed by atoms with van der Waals surface area (Å²) < 4.78 is 11.2. The van der Waals surface area contributed by atoms with Crippen molar-refractivity contribution in [3.05, 3.63) is 71.5 Å². The van der Waals surface area contributed by atoms with Crippen LogP contribution in [0.5, 0.6) is 17.4 Å². The van der Waals surface area contributed by atoms with E-state index < -0.39 is 0 Å². The predicted octanol–water partition coefficient (Wildman–Crippen LogP) is 5.08. The van der Waals surface area contributed by atoms with Crippen LogP contribution >= 0.6 is 0 Å². The minimum atomic E-state index is 0.258. The van der Waals surface area contributed by atoms with Gasteiger partial charge in [0.2, 0.25) is 5.88 Å². The van der Waals surface area contributed by atoms with E-state index in [0.717, 1.165) is 24.4 Å². The number of benzene rings is 2. The normalized spacial score (nSPS) is 15.7. The van der Waals surface area contributed by atoms with E-state index >= 15 is 0 Å². The molecular formula is C22H23N3O2. The third kappa shape index (κ3) is 4.03. The largest absolute Gasteiger partial charge is 0.497 e. The topological polar surface area (TPSA) is 56.3 Å². The van der Waals surface area contributed by atoms with Gasteiger partial charge in [0.25, 0.3) is 0 Å². The molecule has 1 heterocycles. The molecule has 5 heteroatoms. The molecule has 0 saturated carbocycles. The number of aromatic nitrogens is 2. The van der Waals surface area contributed by atoms with Crippen LogP contribution in [0.1, 0.15) is 35.8 Å². The monoisotopic (exact) mass is 361 g/mol. The number of hydrogen-bond acceptors (Lipinski definition) is 5. The van der Waals surface area contributed by atoms with Gasteiger partial charge < -0.3 is 14.8 Å². The zero-order chi connectivity index (χ0) is 18.6. The molecule has 3 aromatic rings. The number of aryl methyl sites for hydroxylation is 2. The van der Waals surface area contributed by atoms with Crippen LogP contribution < -0.4 is 14.8 Å². The standard InChI is InChI=1S/C22H23N3O2/c1-15-23-21(25-20-12-5-8-16-7-3-4-11-19(16)20)14-22(24-15)27-18-10-6-9-17(13-18)26-2/h3-4,6-7,9-11,13-14,20H,5,8,12H2,1-2H3,(H,23,24,25)/t20-/m1/s1. The van der Waals surface area contributed by atoms with Gasteiger partial charge in [0, 0.05) is 12.1 Å². The highest BCUT2D eigenvalue weighted by atomic mass is 16.5. The lowest BCUT2D eigenvalue weighted by Crippen LogP contribution is -2.18. The molecule has 0 fully saturated rings. The molecule has 1 aliphatic rings. The molecule has 0 unspecified atom stereocenters. The van der Waals surface area contributed by atoms with E-state index in [0.29, 0.717) is 17.5 Å². The highest BCUT2D eigenvalue weighted by molar-refractivity contribution is 5.45. The van der Waals surface area contributed by atoms with Crippen LogP contribution in [0.25, 0.3) is 0 Å². The van der Waals surface area contributed by atoms with Crippen molar-refractivity contribution in [2.24, 2.45) is 0 Å². The molecule has 27 heavy (non-hydrogen) atoms. The average molecular weight is 361 g/mol. The van der Waals surface area contributed by atoms with Gasteiger partial charge in [-0.05, 0) is 49.4 Å². The molecule has 1 aromatic heterocycles. The van der Waals surface area contributed by atoms with Gasteiger partial charge in [0.1, 0.15) is 23.1 Å². The number of anilines is 1. The number of methoxy groups -OCH3 is 1. The minimum Gasteiger partial charge on any atom is -0.497 e. The molecular weight excluding hydrogens is 338 g/mol. The Bertz CT molecular complexity index is 942. The van der Waals surface area contributed by atoms with Gasteiger partial charge in [0.05, 0.1) is 13.2 Å². The average Bonchev–Trinajstić information content (AvgIpc) is 2.68. The van der Waals surface area contributed by atoms with E-state index in [-0.39, 0.29) is 6.04 Å². The van der Waals surface area contributed by atoms with E-state index in [1.807, 2.05) is 37.3 Å². The minimum absolute atomic E-state index is 0.258. The first-order valence-corrected chi connectivity index (χ1v) is 9.23. The fourth-order valence-electron chi connectivity index (χ4n) is 3.53. The summed E-state index contributed by atoms with van der Waals surface area (Å²) >= 11 is 0. The zero-order valence-electron chi connectivity index (χ0n) is 15.6. The summed E-state index contributed by atoms with van der Waals surface area (Å²) in [5.41, 5.74) is 2.77. The van der Waals surface area contributed by atoms with Crippen LogP contribution in [0.4, 0.5) is 5.82 Å². The third-order valence-corrected chi connectivity index (χ3v) is 4.77. The summed E-state index contributed by atoms with van der Waals surface area (Å²) in [4.78, 5) is 8.96. The van der Waals surface area contributed by atoms with Crippen molar-refractivity contribution in [1.29, 1.82) is 0 Å². The number of rotatable bonds is 5. The summed E-state index contributed by atoms with van der Waals surface area (Å²) in [5, 5.41) is 3.57. The van der Waals surface area contributed by atoms with Crippen molar-refractivity contribution >= 4 is 5.82 Å². The first-order chi connectivity index (χ1) is 13.2. The molecule has 138 valence electrons. The van der Waals surface area contributed by atoms with E-state index in [1.165, 1.54) is 17.5 Å². The van der Waals surface area contributed by atoms with E-state index in [2.05, 4.69) is 39.6 Å². The number of nitrogens with one attached hydrogen (secondary N) is 1. The summed E-state index contributed by atoms with van der Waals surface area (Å²) in [6.45, 7) is 1.87. The summed E-state index contributed by atoms with van der Waals surface area (Å²) in [7, 11) is 1.64. The molecule has 5 nitrogen and oxygen atoms in total. The van der Waals surface area contributed by atoms with Crippen LogP contribution in [-0.4, -0.2) is 17.1 Å². The lowest BCUT2D eigenvalue weighted by atomic mass is 9.88. The maximum absolute atomic E-state index is 5.93. The van der Waals surface area contributed by atoms with Crippen LogP contribution in [0.2, 0.25) is 0 Å². The van der Waals surface area contributed by atoms with Crippen molar-refractivity contribution in [3.63, 3.8) is 0 Å². The zero-order valence-corrected chi connectivity index (χ0v) is 15.6. The van der Waals surface area contributed by atoms with Crippen molar-refractivity contribution in [2.45, 2.75) is 32.2 Å². The van der Waals surface area contributed by atoms with Crippen molar-refractivity contribution in [1.82, 2.24) is 9.97 Å². The first-order valence-electron chi connectivity index (χ1n) is 9.23. The number of nitrogens with zero attached hydrogens (tertiary/aromatic N) is 2. The Kier molecular flexibility index (Phi) is 4.92. The van der Waals surface area contributed by atoms with Gasteiger partial charge in [-0.2, -0.15) is 4.98 Å². The molecule has 1 atom stereocenters. The summed E-state index contributed by atoms with van der Waals surface area (Å²) in [6, 6.07) is 18.2. The fraction of sp³-hybridized carbons (Fsp3) is 0.273. The van der Waals surface area contributed by atoms with Crippen molar-refractivity contribution in [2.75, 3.05) is 12.4 Å². The highest BCUT2D eigenvalue weighted by Crippen LogP contribution is 2.33. The maximum Gasteiger partial charge on any atom is 0.224 e. The van der Waals surface area contributed by atoms with Crippen molar-refractivity contribution in [3.8, 4) is 17.4 Å². The Morgan fingerprint density at radius 1 is 1.00 bits per heavy atom. The van der Waals surface area contributed by atoms with Gasteiger partial charge >= 0.3 is 0 Å². The Hall–Kier alpha value is -3.08. The Balaban J connectivity index is 1.56. The molecule has 1 N–H and O–H groups in total. The molecule has 0 aliphatic heterocycles. The van der Waals surface area contributed by atoms with Gasteiger partial charge in [-0.1, -0.05) is 30.3 Å². The Morgan fingerprint density at radius 3 is 2.74 bits per heavy atom. The quantitative estimate of drug-likeness (QED) is 0.687. The smallest absolute Gasteiger partial charge is 0.224 e. The van der Waals surface area contributed by atoms with E-state index in [9.17, 15) is 0 Å². The summed E-state index contributed by atoms with van der Waals surface area (Å²) in [6.07, 6.45) is 3.40. The number of ether oxygens (including phenoxy) is 2. The molecule has 0 saturated heterocycles. The van der Waals surface area contributed by atoms with E-state index in [1.54, 1.807) is 7.11 Å². The van der Waals surface area contributed by atoms with Gasteiger partial charge in [-0.15, -0.1) is 0 Å². The molecule has 1 aliphatic carbocycles. The van der Waals surface area contributed by atoms with Gasteiger partial charge in [0.15, 0.2) is 0 Å². The van der Waals surface area contributed by atoms with Crippen LogP contribution in [0.15, 0.2) is 54.6 Å². The summed E-state index contributed by atoms with van der Waals surface area (Å²) in [5.74, 6) is 3.39. The van der Waals surface area contributed by atoms with Crippen molar-refractivity contribution < 1.29 is 9.47 Å². The Labute approximate surface area is 159 Å². The molecule has 4 rings (SSSR count). The molecule has 0 amide bonds. The maximum atomic E-state index is 5.93. The lowest BCUT2D eigenvalue weighted by Gasteiger charge is -2.27. The Morgan fingerprint density at radius 2 is 1.85 bits per heavy atom. The molecule has 2 aromatic carbocycles. The predicted molar refractivity (Wildman–Crippen MR) is 106 cm³/mol. The first kappa shape index (κ1) is 17.3. The van der Waals surface area contributed by atoms with Crippen LogP contribution in [0, 0.1) is 6.92 Å². The third-order valence-electron chi connectivity index (χ3n) is 4.77. The van der Waals surface area contributed by atoms with Gasteiger partial charge in [-0.25, -0.2) is 4.98 Å². The second-order valence-electron chi connectivity index (χ2n) is 6.71. The molecule has 0 bridgehead atoms. The SMILES string of the molecule is COc1cccc(Oc2cc(N[C@@H]3CCCc4ccccc43)nc(C)n2)c1. The second-order valence-corrected chi connectivity index (χ2v) is 6.71. The molecule has 0 radical (unpaired) electrons. The number of hydrogen-bond donors (Lipinski definition) is 1.